The summed E-state index contributed by atoms with van der Waals surface area (Å²) in [6.45, 7) is 0. The maximum atomic E-state index is 12.9. The number of aryl methyl sites for hydroxylation is 1. The van der Waals surface area contributed by atoms with E-state index in [4.69, 9.17) is 4.42 Å². The molecule has 1 atom stereocenters. The van der Waals surface area contributed by atoms with Crippen LogP contribution in [0.3, 0.4) is 0 Å². The molecule has 1 aromatic carbocycles. The van der Waals surface area contributed by atoms with Crippen LogP contribution in [-0.4, -0.2) is 11.2 Å². The van der Waals surface area contributed by atoms with Gasteiger partial charge in [-0.1, -0.05) is 12.1 Å². The molecule has 0 saturated heterocycles. The summed E-state index contributed by atoms with van der Waals surface area (Å²) in [6, 6.07) is 10.0. The van der Waals surface area contributed by atoms with Gasteiger partial charge >= 0.3 is 0 Å². The van der Waals surface area contributed by atoms with Gasteiger partial charge < -0.3 is 9.52 Å². The normalized spacial score (nSPS) is 12.6. The molecule has 0 spiro atoms. The molecule has 1 heterocycles. The zero-order valence-corrected chi connectivity index (χ0v) is 9.47. The highest BCUT2D eigenvalue weighted by molar-refractivity contribution is 5.17. The fourth-order valence-corrected chi connectivity index (χ4v) is 1.80. The maximum Gasteiger partial charge on any atom is 0.123 e. The summed E-state index contributed by atoms with van der Waals surface area (Å²) in [7, 11) is 0. The van der Waals surface area contributed by atoms with Crippen LogP contribution in [0.25, 0.3) is 0 Å². The molecule has 0 bridgehead atoms. The van der Waals surface area contributed by atoms with Crippen LogP contribution in [0, 0.1) is 5.82 Å². The van der Waals surface area contributed by atoms with Gasteiger partial charge in [0.05, 0.1) is 12.4 Å². The topological polar surface area (TPSA) is 33.4 Å². The standard InChI is InChI=1S/C14H15FO2/c15-12-4-1-3-11(9-12)10-13(16)6-7-14-5-2-8-17-14/h1-5,8-9,13,16H,6-7,10H2. The van der Waals surface area contributed by atoms with Crippen molar-refractivity contribution in [1.29, 1.82) is 0 Å². The lowest BCUT2D eigenvalue weighted by Gasteiger charge is -2.09. The van der Waals surface area contributed by atoms with E-state index in [1.165, 1.54) is 12.1 Å². The van der Waals surface area contributed by atoms with Crippen LogP contribution in [0.5, 0.6) is 0 Å². The van der Waals surface area contributed by atoms with E-state index in [2.05, 4.69) is 0 Å². The van der Waals surface area contributed by atoms with E-state index in [9.17, 15) is 9.50 Å². The summed E-state index contributed by atoms with van der Waals surface area (Å²) in [4.78, 5) is 0. The molecule has 3 heteroatoms. The summed E-state index contributed by atoms with van der Waals surface area (Å²) in [6.07, 6.45) is 2.93. The van der Waals surface area contributed by atoms with Crippen LogP contribution >= 0.6 is 0 Å². The molecule has 17 heavy (non-hydrogen) atoms. The highest BCUT2D eigenvalue weighted by atomic mass is 19.1. The second-order valence-electron chi connectivity index (χ2n) is 4.11. The zero-order chi connectivity index (χ0) is 12.1. The molecule has 0 amide bonds. The van der Waals surface area contributed by atoms with E-state index in [-0.39, 0.29) is 5.82 Å². The number of hydrogen-bond donors (Lipinski definition) is 1. The Hall–Kier alpha value is -1.61. The molecule has 0 aliphatic carbocycles. The van der Waals surface area contributed by atoms with Crippen LogP contribution in [0.1, 0.15) is 17.7 Å². The first-order valence-electron chi connectivity index (χ1n) is 5.69. The minimum atomic E-state index is -0.470. The number of benzene rings is 1. The molecule has 0 aliphatic rings. The Balaban J connectivity index is 1.83. The van der Waals surface area contributed by atoms with Gasteiger partial charge in [-0.15, -0.1) is 0 Å². The van der Waals surface area contributed by atoms with Crippen LogP contribution in [0.4, 0.5) is 4.39 Å². The Morgan fingerprint density at radius 3 is 2.82 bits per heavy atom. The molecule has 1 unspecified atom stereocenters. The number of furan rings is 1. The zero-order valence-electron chi connectivity index (χ0n) is 9.47. The van der Waals surface area contributed by atoms with Crippen LogP contribution < -0.4 is 0 Å². The third-order valence-electron chi connectivity index (χ3n) is 2.66. The van der Waals surface area contributed by atoms with E-state index in [1.807, 2.05) is 18.2 Å². The highest BCUT2D eigenvalue weighted by Gasteiger charge is 2.07. The fourth-order valence-electron chi connectivity index (χ4n) is 1.80. The summed E-state index contributed by atoms with van der Waals surface area (Å²) in [5, 5.41) is 9.83. The van der Waals surface area contributed by atoms with E-state index in [0.29, 0.717) is 19.3 Å². The highest BCUT2D eigenvalue weighted by Crippen LogP contribution is 2.11. The second-order valence-corrected chi connectivity index (χ2v) is 4.11. The van der Waals surface area contributed by atoms with Crippen LogP contribution in [-0.2, 0) is 12.8 Å². The molecule has 0 aliphatic heterocycles. The molecule has 0 fully saturated rings. The predicted octanol–water partition coefficient (Wildman–Crippen LogP) is 2.95. The Morgan fingerprint density at radius 1 is 1.24 bits per heavy atom. The van der Waals surface area contributed by atoms with Gasteiger partial charge in [0.1, 0.15) is 11.6 Å². The van der Waals surface area contributed by atoms with Gasteiger partial charge in [0.25, 0.3) is 0 Å². The van der Waals surface area contributed by atoms with Gasteiger partial charge in [-0.05, 0) is 42.7 Å². The number of halogens is 1. The van der Waals surface area contributed by atoms with Crippen molar-refractivity contribution >= 4 is 0 Å². The molecule has 1 N–H and O–H groups in total. The molecule has 0 saturated carbocycles. The molecule has 1 aromatic heterocycles. The van der Waals surface area contributed by atoms with Crippen molar-refractivity contribution in [1.82, 2.24) is 0 Å². The lowest BCUT2D eigenvalue weighted by atomic mass is 10.0. The second kappa shape index (κ2) is 5.64. The first kappa shape index (κ1) is 11.9. The molecule has 2 aromatic rings. The van der Waals surface area contributed by atoms with Crippen molar-refractivity contribution in [2.75, 3.05) is 0 Å². The van der Waals surface area contributed by atoms with E-state index in [1.54, 1.807) is 12.3 Å². The van der Waals surface area contributed by atoms with Crippen molar-refractivity contribution in [2.24, 2.45) is 0 Å². The first-order valence-corrected chi connectivity index (χ1v) is 5.69. The summed E-state index contributed by atoms with van der Waals surface area (Å²) in [5.41, 5.74) is 0.817. The number of aliphatic hydroxyl groups is 1. The minimum Gasteiger partial charge on any atom is -0.469 e. The largest absolute Gasteiger partial charge is 0.469 e. The van der Waals surface area contributed by atoms with Gasteiger partial charge in [-0.2, -0.15) is 0 Å². The van der Waals surface area contributed by atoms with Gasteiger partial charge in [0, 0.05) is 6.42 Å². The summed E-state index contributed by atoms with van der Waals surface area (Å²) >= 11 is 0. The average molecular weight is 234 g/mol. The lowest BCUT2D eigenvalue weighted by molar-refractivity contribution is 0.163. The number of rotatable bonds is 5. The monoisotopic (exact) mass is 234 g/mol. The average Bonchev–Trinajstić information content (AvgIpc) is 2.79. The van der Waals surface area contributed by atoms with Gasteiger partial charge in [-0.3, -0.25) is 0 Å². The summed E-state index contributed by atoms with van der Waals surface area (Å²) < 4.78 is 18.1. The van der Waals surface area contributed by atoms with Crippen molar-refractivity contribution in [2.45, 2.75) is 25.4 Å². The molecular weight excluding hydrogens is 219 g/mol. The van der Waals surface area contributed by atoms with Crippen LogP contribution in [0.15, 0.2) is 47.1 Å². The smallest absolute Gasteiger partial charge is 0.123 e. The Kier molecular flexibility index (Phi) is 3.94. The number of aliphatic hydroxyl groups excluding tert-OH is 1. The quantitative estimate of drug-likeness (QED) is 0.862. The number of hydrogen-bond acceptors (Lipinski definition) is 2. The Labute approximate surface area is 99.7 Å². The molecule has 2 rings (SSSR count). The summed E-state index contributed by atoms with van der Waals surface area (Å²) in [5.74, 6) is 0.601. The van der Waals surface area contributed by atoms with E-state index >= 15 is 0 Å². The van der Waals surface area contributed by atoms with Gasteiger partial charge in [-0.25, -0.2) is 4.39 Å². The molecule has 0 radical (unpaired) electrons. The molecule has 90 valence electrons. The Bertz CT molecular complexity index is 451. The van der Waals surface area contributed by atoms with E-state index < -0.39 is 6.10 Å². The van der Waals surface area contributed by atoms with Crippen molar-refractivity contribution in [3.8, 4) is 0 Å². The van der Waals surface area contributed by atoms with Crippen molar-refractivity contribution < 1.29 is 13.9 Å². The fraction of sp³-hybridized carbons (Fsp3) is 0.286. The maximum absolute atomic E-state index is 12.9. The first-order chi connectivity index (χ1) is 8.24. The van der Waals surface area contributed by atoms with Gasteiger partial charge in [0.2, 0.25) is 0 Å². The third-order valence-corrected chi connectivity index (χ3v) is 2.66. The van der Waals surface area contributed by atoms with Crippen LogP contribution in [0.2, 0.25) is 0 Å². The van der Waals surface area contributed by atoms with Crippen molar-refractivity contribution in [3.63, 3.8) is 0 Å². The van der Waals surface area contributed by atoms with E-state index in [0.717, 1.165) is 11.3 Å². The Morgan fingerprint density at radius 2 is 2.12 bits per heavy atom. The van der Waals surface area contributed by atoms with Gasteiger partial charge in [0.15, 0.2) is 0 Å². The molecule has 2 nitrogen and oxygen atoms in total. The third kappa shape index (κ3) is 3.71. The lowest BCUT2D eigenvalue weighted by Crippen LogP contribution is -2.11. The predicted molar refractivity (Wildman–Crippen MR) is 63.1 cm³/mol. The SMILES string of the molecule is OC(CCc1ccco1)Cc1cccc(F)c1. The van der Waals surface area contributed by atoms with Crippen molar-refractivity contribution in [3.05, 3.63) is 59.8 Å². The molecular formula is C14H15FO2. The minimum absolute atomic E-state index is 0.263.